The maximum Gasteiger partial charge on any atom is 0.416 e. The highest BCUT2D eigenvalue weighted by Gasteiger charge is 2.30. The lowest BCUT2D eigenvalue weighted by Gasteiger charge is -2.27. The number of ether oxygens (including phenoxy) is 2. The summed E-state index contributed by atoms with van der Waals surface area (Å²) in [5.74, 6) is 0.978. The number of aryl methyl sites for hydroxylation is 1. The molecule has 1 N–H and O–H groups in total. The van der Waals surface area contributed by atoms with Crippen LogP contribution < -0.4 is 14.8 Å². The molecule has 0 saturated heterocycles. The van der Waals surface area contributed by atoms with Crippen LogP contribution in [0.3, 0.4) is 0 Å². The van der Waals surface area contributed by atoms with Gasteiger partial charge in [-0.1, -0.05) is 13.0 Å². The van der Waals surface area contributed by atoms with Crippen molar-refractivity contribution in [2.45, 2.75) is 39.4 Å². The molecule has 3 aromatic rings. The van der Waals surface area contributed by atoms with Crippen molar-refractivity contribution in [2.75, 3.05) is 39.2 Å². The molecule has 0 unspecified atom stereocenters. The number of carbonyl (C=O) groups is 2. The van der Waals surface area contributed by atoms with Gasteiger partial charge in [-0.2, -0.15) is 13.2 Å². The number of halogens is 3. The van der Waals surface area contributed by atoms with Crippen molar-refractivity contribution in [2.24, 2.45) is 0 Å². The van der Waals surface area contributed by atoms with Crippen LogP contribution in [0.15, 0.2) is 54.6 Å². The second kappa shape index (κ2) is 14.1. The minimum Gasteiger partial charge on any atom is -0.493 e. The lowest BCUT2D eigenvalue weighted by Crippen LogP contribution is -2.45. The maximum atomic E-state index is 13.5. The van der Waals surface area contributed by atoms with E-state index in [9.17, 15) is 22.8 Å². The highest BCUT2D eigenvalue weighted by atomic mass is 32.1. The molecule has 0 aliphatic rings. The number of nitrogens with one attached hydrogen (secondary N) is 1. The van der Waals surface area contributed by atoms with Gasteiger partial charge in [0.2, 0.25) is 5.91 Å². The molecular weight excluding hydrogens is 543 g/mol. The molecule has 0 fully saturated rings. The standard InChI is InChI=1S/C29H34F3N3O4S/c1-5-15-35(28(37)33-23-10-8-22(9-11-23)29(30,31)32)19-27(36)34(18-24-12-6-20(2)40-24)16-14-21-7-13-25(38-3)26(17-21)39-4/h6-13,17H,5,14-16,18-19H2,1-4H3,(H,33,37). The second-order valence-electron chi connectivity index (χ2n) is 9.19. The summed E-state index contributed by atoms with van der Waals surface area (Å²) < 4.78 is 49.3. The van der Waals surface area contributed by atoms with E-state index in [1.807, 2.05) is 44.2 Å². The highest BCUT2D eigenvalue weighted by molar-refractivity contribution is 7.11. The van der Waals surface area contributed by atoms with Gasteiger partial charge in [-0.3, -0.25) is 4.79 Å². The zero-order valence-corrected chi connectivity index (χ0v) is 23.8. The van der Waals surface area contributed by atoms with Gasteiger partial charge in [0, 0.05) is 28.5 Å². The molecule has 216 valence electrons. The van der Waals surface area contributed by atoms with Crippen LogP contribution in [-0.2, 0) is 23.9 Å². The smallest absolute Gasteiger partial charge is 0.416 e. The van der Waals surface area contributed by atoms with E-state index >= 15 is 0 Å². The molecule has 3 rings (SSSR count). The van der Waals surface area contributed by atoms with Crippen LogP contribution in [-0.4, -0.2) is 55.6 Å². The van der Waals surface area contributed by atoms with Gasteiger partial charge in [-0.25, -0.2) is 4.79 Å². The van der Waals surface area contributed by atoms with Gasteiger partial charge >= 0.3 is 12.2 Å². The SMILES string of the molecule is CCCN(CC(=O)N(CCc1ccc(OC)c(OC)c1)Cc1ccc(C)s1)C(=O)Nc1ccc(C(F)(F)F)cc1. The van der Waals surface area contributed by atoms with E-state index in [0.717, 1.165) is 27.5 Å². The molecule has 0 saturated carbocycles. The Hall–Kier alpha value is -3.73. The molecule has 1 aromatic heterocycles. The van der Waals surface area contributed by atoms with Gasteiger partial charge in [0.15, 0.2) is 11.5 Å². The number of hydrogen-bond acceptors (Lipinski definition) is 5. The van der Waals surface area contributed by atoms with E-state index in [2.05, 4.69) is 5.32 Å². The summed E-state index contributed by atoms with van der Waals surface area (Å²) in [6.07, 6.45) is -3.31. The Labute approximate surface area is 236 Å². The number of benzene rings is 2. The number of urea groups is 1. The fraction of sp³-hybridized carbons (Fsp3) is 0.379. The predicted molar refractivity (Wildman–Crippen MR) is 150 cm³/mol. The van der Waals surface area contributed by atoms with E-state index < -0.39 is 17.8 Å². The zero-order chi connectivity index (χ0) is 29.3. The molecule has 40 heavy (non-hydrogen) atoms. The molecule has 11 heteroatoms. The van der Waals surface area contributed by atoms with Gasteiger partial charge in [-0.15, -0.1) is 11.3 Å². The third kappa shape index (κ3) is 8.64. The normalized spacial score (nSPS) is 11.2. The third-order valence-corrected chi connectivity index (χ3v) is 7.17. The monoisotopic (exact) mass is 577 g/mol. The Kier molecular flexibility index (Phi) is 10.8. The molecular formula is C29H34F3N3O4S. The lowest BCUT2D eigenvalue weighted by molar-refractivity contribution is -0.137. The summed E-state index contributed by atoms with van der Waals surface area (Å²) in [5, 5.41) is 2.61. The Morgan fingerprint density at radius 2 is 1.62 bits per heavy atom. The predicted octanol–water partition coefficient (Wildman–Crippen LogP) is 6.61. The number of alkyl halides is 3. The Bertz CT molecular complexity index is 1280. The highest BCUT2D eigenvalue weighted by Crippen LogP contribution is 2.30. The topological polar surface area (TPSA) is 71.1 Å². The minimum absolute atomic E-state index is 0.170. The summed E-state index contributed by atoms with van der Waals surface area (Å²) >= 11 is 1.60. The van der Waals surface area contributed by atoms with Crippen LogP contribution in [0, 0.1) is 6.92 Å². The number of carbonyl (C=O) groups excluding carboxylic acids is 2. The van der Waals surface area contributed by atoms with Gasteiger partial charge in [0.1, 0.15) is 6.54 Å². The molecule has 0 aliphatic heterocycles. The second-order valence-corrected chi connectivity index (χ2v) is 10.6. The van der Waals surface area contributed by atoms with Gasteiger partial charge in [-0.05, 0) is 73.9 Å². The van der Waals surface area contributed by atoms with Gasteiger partial charge in [0.05, 0.1) is 26.3 Å². The number of hydrogen-bond donors (Lipinski definition) is 1. The van der Waals surface area contributed by atoms with Crippen LogP contribution in [0.1, 0.15) is 34.2 Å². The number of methoxy groups -OCH3 is 2. The summed E-state index contributed by atoms with van der Waals surface area (Å²) in [6, 6.07) is 13.2. The molecule has 0 spiro atoms. The number of nitrogens with zero attached hydrogens (tertiary/aromatic N) is 2. The van der Waals surface area contributed by atoms with Gasteiger partial charge in [0.25, 0.3) is 0 Å². The Balaban J connectivity index is 1.73. The Morgan fingerprint density at radius 1 is 0.925 bits per heavy atom. The third-order valence-electron chi connectivity index (χ3n) is 6.18. The van der Waals surface area contributed by atoms with Crippen molar-refractivity contribution in [3.8, 4) is 11.5 Å². The van der Waals surface area contributed by atoms with E-state index in [-0.39, 0.29) is 18.1 Å². The quantitative estimate of drug-likeness (QED) is 0.263. The molecule has 0 bridgehead atoms. The van der Waals surface area contributed by atoms with Crippen molar-refractivity contribution < 1.29 is 32.2 Å². The van der Waals surface area contributed by atoms with Crippen molar-refractivity contribution in [3.05, 3.63) is 75.5 Å². The van der Waals surface area contributed by atoms with Crippen molar-refractivity contribution in [1.82, 2.24) is 9.80 Å². The minimum atomic E-state index is -4.47. The van der Waals surface area contributed by atoms with E-state index in [1.54, 1.807) is 30.5 Å². The summed E-state index contributed by atoms with van der Waals surface area (Å²) in [4.78, 5) is 31.8. The molecule has 0 atom stereocenters. The first-order valence-electron chi connectivity index (χ1n) is 12.8. The summed E-state index contributed by atoms with van der Waals surface area (Å²) in [7, 11) is 3.13. The van der Waals surface area contributed by atoms with Crippen molar-refractivity contribution in [1.29, 1.82) is 0 Å². The molecule has 3 amide bonds. The first-order chi connectivity index (χ1) is 19.0. The summed E-state index contributed by atoms with van der Waals surface area (Å²) in [6.45, 7) is 4.82. The number of rotatable bonds is 12. The average Bonchev–Trinajstić information content (AvgIpc) is 3.34. The van der Waals surface area contributed by atoms with Crippen LogP contribution in [0.25, 0.3) is 0 Å². The number of amides is 3. The summed E-state index contributed by atoms with van der Waals surface area (Å²) in [5.41, 5.74) is 0.370. The lowest BCUT2D eigenvalue weighted by atomic mass is 10.1. The van der Waals surface area contributed by atoms with E-state index in [4.69, 9.17) is 9.47 Å². The molecule has 7 nitrogen and oxygen atoms in total. The average molecular weight is 578 g/mol. The van der Waals surface area contributed by atoms with E-state index in [0.29, 0.717) is 44.0 Å². The van der Waals surface area contributed by atoms with Crippen LogP contribution in [0.2, 0.25) is 0 Å². The Morgan fingerprint density at radius 3 is 2.20 bits per heavy atom. The number of anilines is 1. The van der Waals surface area contributed by atoms with E-state index in [1.165, 1.54) is 17.0 Å². The van der Waals surface area contributed by atoms with Crippen LogP contribution in [0.5, 0.6) is 11.5 Å². The van der Waals surface area contributed by atoms with Gasteiger partial charge < -0.3 is 24.6 Å². The maximum absolute atomic E-state index is 13.5. The first kappa shape index (κ1) is 30.8. The molecule has 2 aromatic carbocycles. The van der Waals surface area contributed by atoms with Crippen molar-refractivity contribution in [3.63, 3.8) is 0 Å². The van der Waals surface area contributed by atoms with Crippen LogP contribution >= 0.6 is 11.3 Å². The fourth-order valence-corrected chi connectivity index (χ4v) is 4.99. The van der Waals surface area contributed by atoms with Crippen molar-refractivity contribution >= 4 is 29.0 Å². The molecule has 0 aliphatic carbocycles. The van der Waals surface area contributed by atoms with Crippen LogP contribution in [0.4, 0.5) is 23.7 Å². The first-order valence-corrected chi connectivity index (χ1v) is 13.6. The largest absolute Gasteiger partial charge is 0.493 e. The number of thiophene rings is 1. The molecule has 1 heterocycles. The molecule has 0 radical (unpaired) electrons. The fourth-order valence-electron chi connectivity index (χ4n) is 4.08. The zero-order valence-electron chi connectivity index (χ0n) is 23.0.